The fourth-order valence-corrected chi connectivity index (χ4v) is 5.21. The van der Waals surface area contributed by atoms with Crippen LogP contribution in [0.1, 0.15) is 12.5 Å². The monoisotopic (exact) mass is 680 g/mol. The molecule has 0 aromatic heterocycles. The van der Waals surface area contributed by atoms with Gasteiger partial charge in [-0.2, -0.15) is 0 Å². The summed E-state index contributed by atoms with van der Waals surface area (Å²) in [6.45, 7) is 1.72. The number of rotatable bonds is 6. The number of carbonyl (C=O) groups is 3. The van der Waals surface area contributed by atoms with Crippen molar-refractivity contribution in [3.8, 4) is 5.75 Å². The van der Waals surface area contributed by atoms with Crippen LogP contribution < -0.4 is 15.0 Å². The largest absolute Gasteiger partial charge is 0.480 e. The second kappa shape index (κ2) is 10.7. The zero-order valence-corrected chi connectivity index (χ0v) is 21.6. The molecule has 1 aliphatic rings. The van der Waals surface area contributed by atoms with E-state index in [2.05, 4.69) is 5.32 Å². The zero-order valence-electron chi connectivity index (χ0n) is 16.5. The molecule has 7 nitrogen and oxygen atoms in total. The number of nitrogens with one attached hydrogen (secondary N) is 1. The van der Waals surface area contributed by atoms with Crippen molar-refractivity contribution in [1.82, 2.24) is 5.32 Å². The molecule has 0 spiro atoms. The van der Waals surface area contributed by atoms with Crippen LogP contribution in [0.5, 0.6) is 5.75 Å². The van der Waals surface area contributed by atoms with Gasteiger partial charge in [-0.15, -0.1) is 0 Å². The second-order valence-corrected chi connectivity index (χ2v) is 9.03. The Morgan fingerprint density at radius 1 is 1.22 bits per heavy atom. The third-order valence-electron chi connectivity index (χ3n) is 4.17. The highest BCUT2D eigenvalue weighted by atomic mass is 127. The predicted molar refractivity (Wildman–Crippen MR) is 137 cm³/mol. The van der Waals surface area contributed by atoms with Gasteiger partial charge in [0.1, 0.15) is 17.1 Å². The summed E-state index contributed by atoms with van der Waals surface area (Å²) in [6.07, 6.45) is 1.40. The fourth-order valence-electron chi connectivity index (χ4n) is 2.81. The molecule has 0 saturated carbocycles. The lowest BCUT2D eigenvalue weighted by Gasteiger charge is -2.29. The van der Waals surface area contributed by atoms with E-state index in [9.17, 15) is 18.8 Å². The Labute approximate surface area is 215 Å². The number of hydrogen-bond donors (Lipinski definition) is 1. The Morgan fingerprint density at radius 3 is 2.50 bits per heavy atom. The number of esters is 1. The van der Waals surface area contributed by atoms with Gasteiger partial charge in [0.25, 0.3) is 11.8 Å². The van der Waals surface area contributed by atoms with E-state index in [1.165, 1.54) is 24.3 Å². The summed E-state index contributed by atoms with van der Waals surface area (Å²) in [6, 6.07) is 9.03. The highest BCUT2D eigenvalue weighted by Crippen LogP contribution is 2.31. The minimum atomic E-state index is -0.739. The molecule has 2 amide bonds. The van der Waals surface area contributed by atoms with Crippen molar-refractivity contribution in [3.63, 3.8) is 0 Å². The quantitative estimate of drug-likeness (QED) is 0.165. The molecule has 11 heteroatoms. The van der Waals surface area contributed by atoms with Gasteiger partial charge in [-0.25, -0.2) is 14.1 Å². The van der Waals surface area contributed by atoms with Crippen molar-refractivity contribution < 1.29 is 28.2 Å². The number of benzene rings is 2. The van der Waals surface area contributed by atoms with Crippen molar-refractivity contribution in [1.29, 1.82) is 0 Å². The average Bonchev–Trinajstić information content (AvgIpc) is 2.72. The first-order valence-corrected chi connectivity index (χ1v) is 11.7. The number of anilines is 1. The van der Waals surface area contributed by atoms with Gasteiger partial charge in [-0.1, -0.05) is 12.1 Å². The highest BCUT2D eigenvalue weighted by Gasteiger charge is 2.35. The summed E-state index contributed by atoms with van der Waals surface area (Å²) in [5.74, 6) is -2.07. The molecule has 0 aliphatic carbocycles. The lowest BCUT2D eigenvalue weighted by atomic mass is 10.1. The van der Waals surface area contributed by atoms with Crippen molar-refractivity contribution in [2.24, 2.45) is 0 Å². The summed E-state index contributed by atoms with van der Waals surface area (Å²) >= 11 is 9.15. The standard InChI is InChI=1S/C21H15FI2N2O5S/c1-2-30-17(27)10-31-18-14(23)8-11(9-15(18)24)7-12-19(28)25-21(32)26(20(12)29)16-6-4-3-5-13(16)22/h3-9H,2,10H2,1H3,(H,25,28,32)/b12-7+. The molecule has 2 aromatic carbocycles. The van der Waals surface area contributed by atoms with Gasteiger partial charge in [-0.05, 0) is 100 Å². The van der Waals surface area contributed by atoms with Crippen molar-refractivity contribution in [3.05, 3.63) is 60.5 Å². The summed E-state index contributed by atoms with van der Waals surface area (Å²) in [4.78, 5) is 38.0. The minimum absolute atomic E-state index is 0.0553. The molecule has 1 aliphatic heterocycles. The van der Waals surface area contributed by atoms with Gasteiger partial charge in [-0.3, -0.25) is 14.9 Å². The third-order valence-corrected chi connectivity index (χ3v) is 6.05. The van der Waals surface area contributed by atoms with Gasteiger partial charge in [0.05, 0.1) is 19.4 Å². The summed E-state index contributed by atoms with van der Waals surface area (Å²) < 4.78 is 26.0. The first-order chi connectivity index (χ1) is 15.2. The Hall–Kier alpha value is -2.13. The molecule has 0 radical (unpaired) electrons. The molecule has 1 heterocycles. The van der Waals surface area contributed by atoms with Crippen molar-refractivity contribution >= 4 is 92.1 Å². The molecular weight excluding hydrogens is 665 g/mol. The molecule has 1 N–H and O–H groups in total. The highest BCUT2D eigenvalue weighted by molar-refractivity contribution is 14.1. The van der Waals surface area contributed by atoms with Crippen LogP contribution >= 0.6 is 57.4 Å². The molecule has 0 atom stereocenters. The van der Waals surface area contributed by atoms with E-state index in [0.717, 1.165) is 4.90 Å². The summed E-state index contributed by atoms with van der Waals surface area (Å²) in [5, 5.41) is 2.22. The molecule has 1 saturated heterocycles. The molecule has 2 aromatic rings. The van der Waals surface area contributed by atoms with E-state index in [0.29, 0.717) is 18.5 Å². The van der Waals surface area contributed by atoms with Gasteiger partial charge >= 0.3 is 5.97 Å². The van der Waals surface area contributed by atoms with Crippen LogP contribution in [0, 0.1) is 13.0 Å². The number of amides is 2. The van der Waals surface area contributed by atoms with E-state index in [1.54, 1.807) is 25.1 Å². The molecule has 32 heavy (non-hydrogen) atoms. The first kappa shape index (κ1) is 24.5. The Balaban J connectivity index is 1.92. The van der Waals surface area contributed by atoms with Crippen LogP contribution in [0.15, 0.2) is 42.0 Å². The van der Waals surface area contributed by atoms with Crippen LogP contribution in [-0.4, -0.2) is 36.1 Å². The number of hydrogen-bond acceptors (Lipinski definition) is 6. The van der Waals surface area contributed by atoms with Crippen LogP contribution in [0.25, 0.3) is 6.08 Å². The Kier molecular flexibility index (Phi) is 8.16. The van der Waals surface area contributed by atoms with Crippen LogP contribution in [0.2, 0.25) is 0 Å². The van der Waals surface area contributed by atoms with Gasteiger partial charge in [0.2, 0.25) is 0 Å². The predicted octanol–water partition coefficient (Wildman–Crippen LogP) is 3.81. The van der Waals surface area contributed by atoms with Crippen molar-refractivity contribution in [2.45, 2.75) is 6.92 Å². The maximum Gasteiger partial charge on any atom is 0.344 e. The van der Waals surface area contributed by atoms with E-state index in [1.807, 2.05) is 45.2 Å². The maximum absolute atomic E-state index is 14.3. The Morgan fingerprint density at radius 2 is 1.88 bits per heavy atom. The summed E-state index contributed by atoms with van der Waals surface area (Å²) in [5.41, 5.74) is 0.288. The summed E-state index contributed by atoms with van der Waals surface area (Å²) in [7, 11) is 0. The Bertz CT molecular complexity index is 1130. The van der Waals surface area contributed by atoms with E-state index < -0.39 is 23.6 Å². The molecule has 3 rings (SSSR count). The van der Waals surface area contributed by atoms with E-state index in [4.69, 9.17) is 21.7 Å². The second-order valence-electron chi connectivity index (χ2n) is 6.32. The van der Waals surface area contributed by atoms with Gasteiger partial charge < -0.3 is 9.47 Å². The van der Waals surface area contributed by atoms with Crippen molar-refractivity contribution in [2.75, 3.05) is 18.1 Å². The molecule has 0 bridgehead atoms. The third kappa shape index (κ3) is 5.43. The molecule has 166 valence electrons. The molecular formula is C21H15FI2N2O5S. The number of carbonyl (C=O) groups excluding carboxylic acids is 3. The lowest BCUT2D eigenvalue weighted by molar-refractivity contribution is -0.145. The number of para-hydroxylation sites is 1. The van der Waals surface area contributed by atoms with Gasteiger partial charge in [0, 0.05) is 0 Å². The number of halogens is 3. The van der Waals surface area contributed by atoms with E-state index in [-0.39, 0.29) is 29.6 Å². The molecule has 0 unspecified atom stereocenters. The average molecular weight is 680 g/mol. The number of ether oxygens (including phenoxy) is 2. The van der Waals surface area contributed by atoms with Crippen LogP contribution in [0.3, 0.4) is 0 Å². The number of thiocarbonyl (C=S) groups is 1. The van der Waals surface area contributed by atoms with Gasteiger partial charge in [0.15, 0.2) is 11.7 Å². The number of nitrogens with zero attached hydrogens (tertiary/aromatic N) is 1. The van der Waals surface area contributed by atoms with Crippen LogP contribution in [0.4, 0.5) is 10.1 Å². The van der Waals surface area contributed by atoms with E-state index >= 15 is 0 Å². The topological polar surface area (TPSA) is 84.9 Å². The fraction of sp³-hybridized carbons (Fsp3) is 0.143. The van der Waals surface area contributed by atoms with Crippen LogP contribution in [-0.2, 0) is 19.1 Å². The normalized spacial score (nSPS) is 15.1. The SMILES string of the molecule is CCOC(=O)COc1c(I)cc(/C=C2\C(=O)NC(=S)N(c3ccccc3F)C2=O)cc1I. The lowest BCUT2D eigenvalue weighted by Crippen LogP contribution is -2.54. The smallest absolute Gasteiger partial charge is 0.344 e. The first-order valence-electron chi connectivity index (χ1n) is 9.16. The zero-order chi connectivity index (χ0) is 23.4. The molecule has 1 fully saturated rings. The minimum Gasteiger partial charge on any atom is -0.480 e. The maximum atomic E-state index is 14.3.